The van der Waals surface area contributed by atoms with Gasteiger partial charge in [-0.25, -0.2) is 4.79 Å². The fourth-order valence-electron chi connectivity index (χ4n) is 1.05. The van der Waals surface area contributed by atoms with Crippen LogP contribution in [-0.2, 0) is 20.9 Å². The van der Waals surface area contributed by atoms with E-state index in [1.165, 1.54) is 0 Å². The molecule has 5 heteroatoms. The molecular weight excluding hydrogens is 274 g/mol. The first-order valence-corrected chi connectivity index (χ1v) is 5.62. The molecule has 0 atom stereocenters. The van der Waals surface area contributed by atoms with Crippen molar-refractivity contribution in [3.8, 4) is 0 Å². The quantitative estimate of drug-likeness (QED) is 0.678. The van der Waals surface area contributed by atoms with Crippen LogP contribution in [0.4, 0.5) is 0 Å². The Morgan fingerprint density at radius 3 is 2.50 bits per heavy atom. The fourth-order valence-corrected chi connectivity index (χ4v) is 1.32. The highest BCUT2D eigenvalue weighted by molar-refractivity contribution is 9.10. The number of hydrogen-bond acceptors (Lipinski definition) is 3. The van der Waals surface area contributed by atoms with Crippen molar-refractivity contribution in [1.29, 1.82) is 0 Å². The molecule has 0 fully saturated rings. The summed E-state index contributed by atoms with van der Waals surface area (Å²) in [4.78, 5) is 22.2. The topological polar surface area (TPSA) is 55.4 Å². The Labute approximate surface area is 102 Å². The standard InChI is InChI=1S/C11H12BrNO3/c1-2-16-11(15)10(14)13-7-8-3-5-9(12)6-4-8/h3-6H,2,7H2,1H3,(H,13,14). The first-order chi connectivity index (χ1) is 7.63. The van der Waals surface area contributed by atoms with Gasteiger partial charge in [0.05, 0.1) is 6.61 Å². The van der Waals surface area contributed by atoms with Crippen LogP contribution in [0.25, 0.3) is 0 Å². The molecule has 0 bridgehead atoms. The van der Waals surface area contributed by atoms with E-state index >= 15 is 0 Å². The molecule has 0 aliphatic carbocycles. The van der Waals surface area contributed by atoms with E-state index in [2.05, 4.69) is 26.0 Å². The van der Waals surface area contributed by atoms with E-state index in [0.29, 0.717) is 6.54 Å². The number of rotatable bonds is 3. The Bertz CT molecular complexity index is 375. The number of halogens is 1. The zero-order valence-corrected chi connectivity index (χ0v) is 10.4. The summed E-state index contributed by atoms with van der Waals surface area (Å²) in [6.45, 7) is 2.16. The van der Waals surface area contributed by atoms with Gasteiger partial charge in [0.2, 0.25) is 0 Å². The Hall–Kier alpha value is -1.36. The number of carbonyl (C=O) groups is 2. The van der Waals surface area contributed by atoms with Gasteiger partial charge in [-0.1, -0.05) is 28.1 Å². The van der Waals surface area contributed by atoms with Gasteiger partial charge in [-0.15, -0.1) is 0 Å². The van der Waals surface area contributed by atoms with Gasteiger partial charge in [-0.05, 0) is 24.6 Å². The van der Waals surface area contributed by atoms with E-state index in [0.717, 1.165) is 10.0 Å². The smallest absolute Gasteiger partial charge is 0.396 e. The molecule has 1 N–H and O–H groups in total. The molecule has 4 nitrogen and oxygen atoms in total. The summed E-state index contributed by atoms with van der Waals surface area (Å²) < 4.78 is 5.52. The molecule has 0 saturated heterocycles. The highest BCUT2D eigenvalue weighted by atomic mass is 79.9. The predicted molar refractivity (Wildman–Crippen MR) is 62.6 cm³/mol. The van der Waals surface area contributed by atoms with E-state index in [1.807, 2.05) is 24.3 Å². The molecule has 16 heavy (non-hydrogen) atoms. The summed E-state index contributed by atoms with van der Waals surface area (Å²) in [6.07, 6.45) is 0. The second-order valence-electron chi connectivity index (χ2n) is 3.03. The molecule has 1 aromatic carbocycles. The molecule has 1 amide bonds. The minimum Gasteiger partial charge on any atom is -0.459 e. The molecular formula is C11H12BrNO3. The van der Waals surface area contributed by atoms with Crippen molar-refractivity contribution in [1.82, 2.24) is 5.32 Å². The van der Waals surface area contributed by atoms with Gasteiger partial charge < -0.3 is 10.1 Å². The van der Waals surface area contributed by atoms with Gasteiger partial charge >= 0.3 is 11.9 Å². The molecule has 86 valence electrons. The number of ether oxygens (including phenoxy) is 1. The Morgan fingerprint density at radius 2 is 1.94 bits per heavy atom. The first-order valence-electron chi connectivity index (χ1n) is 4.83. The molecule has 0 aliphatic rings. The number of esters is 1. The SMILES string of the molecule is CCOC(=O)C(=O)NCc1ccc(Br)cc1. The summed E-state index contributed by atoms with van der Waals surface area (Å²) in [5.74, 6) is -1.57. The summed E-state index contributed by atoms with van der Waals surface area (Å²) in [5.41, 5.74) is 0.917. The molecule has 0 saturated carbocycles. The predicted octanol–water partition coefficient (Wildman–Crippen LogP) is 1.63. The van der Waals surface area contributed by atoms with E-state index in [9.17, 15) is 9.59 Å². The number of benzene rings is 1. The summed E-state index contributed by atoms with van der Waals surface area (Å²) in [5, 5.41) is 2.47. The zero-order valence-electron chi connectivity index (χ0n) is 8.83. The first kappa shape index (κ1) is 12.7. The highest BCUT2D eigenvalue weighted by Gasteiger charge is 2.13. The third kappa shape index (κ3) is 4.02. The average molecular weight is 286 g/mol. The monoisotopic (exact) mass is 285 g/mol. The van der Waals surface area contributed by atoms with Crippen LogP contribution in [0.15, 0.2) is 28.7 Å². The minimum absolute atomic E-state index is 0.199. The third-order valence-electron chi connectivity index (χ3n) is 1.83. The van der Waals surface area contributed by atoms with Crippen LogP contribution in [0, 0.1) is 0 Å². The van der Waals surface area contributed by atoms with Gasteiger partial charge in [0.15, 0.2) is 0 Å². The van der Waals surface area contributed by atoms with Crippen LogP contribution in [0.1, 0.15) is 12.5 Å². The maximum Gasteiger partial charge on any atom is 0.396 e. The number of hydrogen-bond donors (Lipinski definition) is 1. The van der Waals surface area contributed by atoms with Crippen molar-refractivity contribution < 1.29 is 14.3 Å². The Kier molecular flexibility index (Phi) is 4.98. The van der Waals surface area contributed by atoms with E-state index in [4.69, 9.17) is 0 Å². The molecule has 1 aromatic rings. The second kappa shape index (κ2) is 6.27. The number of carbonyl (C=O) groups excluding carboxylic acids is 2. The van der Waals surface area contributed by atoms with Gasteiger partial charge in [-0.2, -0.15) is 0 Å². The van der Waals surface area contributed by atoms with Crippen molar-refractivity contribution in [2.75, 3.05) is 6.61 Å². The van der Waals surface area contributed by atoms with Crippen LogP contribution >= 0.6 is 15.9 Å². The highest BCUT2D eigenvalue weighted by Crippen LogP contribution is 2.10. The lowest BCUT2D eigenvalue weighted by atomic mass is 10.2. The van der Waals surface area contributed by atoms with Gasteiger partial charge in [-0.3, -0.25) is 4.79 Å². The normalized spacial score (nSPS) is 9.62. The van der Waals surface area contributed by atoms with Gasteiger partial charge in [0, 0.05) is 11.0 Å². The van der Waals surface area contributed by atoms with Crippen molar-refractivity contribution in [2.45, 2.75) is 13.5 Å². The molecule has 0 aromatic heterocycles. The molecule has 0 heterocycles. The van der Waals surface area contributed by atoms with Crippen molar-refractivity contribution in [2.24, 2.45) is 0 Å². The summed E-state index contributed by atoms with van der Waals surface area (Å²) >= 11 is 3.31. The van der Waals surface area contributed by atoms with E-state index in [-0.39, 0.29) is 6.61 Å². The third-order valence-corrected chi connectivity index (χ3v) is 2.36. The van der Waals surface area contributed by atoms with Crippen molar-refractivity contribution in [3.05, 3.63) is 34.3 Å². The summed E-state index contributed by atoms with van der Waals surface area (Å²) in [7, 11) is 0. The van der Waals surface area contributed by atoms with Gasteiger partial charge in [0.1, 0.15) is 0 Å². The Balaban J connectivity index is 2.42. The fraction of sp³-hybridized carbons (Fsp3) is 0.273. The zero-order chi connectivity index (χ0) is 12.0. The maximum atomic E-state index is 11.2. The minimum atomic E-state index is -0.848. The van der Waals surface area contributed by atoms with Crippen molar-refractivity contribution in [3.63, 3.8) is 0 Å². The lowest BCUT2D eigenvalue weighted by Gasteiger charge is -2.04. The van der Waals surface area contributed by atoms with Crippen LogP contribution in [0.5, 0.6) is 0 Å². The lowest BCUT2D eigenvalue weighted by Crippen LogP contribution is -2.32. The van der Waals surface area contributed by atoms with E-state index in [1.54, 1.807) is 6.92 Å². The Morgan fingerprint density at radius 1 is 1.31 bits per heavy atom. The summed E-state index contributed by atoms with van der Waals surface area (Å²) in [6, 6.07) is 7.45. The van der Waals surface area contributed by atoms with Crippen LogP contribution < -0.4 is 5.32 Å². The lowest BCUT2D eigenvalue weighted by molar-refractivity contribution is -0.154. The van der Waals surface area contributed by atoms with Crippen molar-refractivity contribution >= 4 is 27.8 Å². The molecule has 0 radical (unpaired) electrons. The number of amides is 1. The second-order valence-corrected chi connectivity index (χ2v) is 3.95. The van der Waals surface area contributed by atoms with Gasteiger partial charge in [0.25, 0.3) is 0 Å². The maximum absolute atomic E-state index is 11.2. The average Bonchev–Trinajstić information content (AvgIpc) is 2.28. The molecule has 1 rings (SSSR count). The van der Waals surface area contributed by atoms with Crippen LogP contribution in [0.2, 0.25) is 0 Å². The molecule has 0 unspecified atom stereocenters. The van der Waals surface area contributed by atoms with Crippen LogP contribution in [-0.4, -0.2) is 18.5 Å². The molecule has 0 spiro atoms. The van der Waals surface area contributed by atoms with Crippen LogP contribution in [0.3, 0.4) is 0 Å². The molecule has 0 aliphatic heterocycles. The largest absolute Gasteiger partial charge is 0.459 e. The number of nitrogens with one attached hydrogen (secondary N) is 1. The van der Waals surface area contributed by atoms with E-state index < -0.39 is 11.9 Å².